The molecule has 0 saturated heterocycles. The normalized spacial score (nSPS) is 14.6. The molecular weight excluding hydrogens is 282 g/mol. The van der Waals surface area contributed by atoms with Crippen molar-refractivity contribution >= 4 is 15.9 Å². The zero-order chi connectivity index (χ0) is 12.7. The monoisotopic (exact) mass is 301 g/mol. The first-order chi connectivity index (χ1) is 8.20. The van der Waals surface area contributed by atoms with Gasteiger partial charge in [-0.3, -0.25) is 0 Å². The molecule has 0 aromatic heterocycles. The van der Waals surface area contributed by atoms with Gasteiger partial charge in [0.05, 0.1) is 6.10 Å². The Labute approximate surface area is 111 Å². The molecule has 0 amide bonds. The Kier molecular flexibility index (Phi) is 6.73. The predicted molar refractivity (Wildman–Crippen MR) is 73.1 cm³/mol. The highest BCUT2D eigenvalue weighted by Gasteiger charge is 2.21. The van der Waals surface area contributed by atoms with Crippen LogP contribution in [0.5, 0.6) is 0 Å². The van der Waals surface area contributed by atoms with Gasteiger partial charge in [0.1, 0.15) is 0 Å². The number of ether oxygens (including phenoxy) is 1. The van der Waals surface area contributed by atoms with Crippen LogP contribution < -0.4 is 5.73 Å². The third kappa shape index (κ3) is 4.39. The molecule has 2 unspecified atom stereocenters. The van der Waals surface area contributed by atoms with E-state index in [2.05, 4.69) is 15.9 Å². The van der Waals surface area contributed by atoms with E-state index >= 15 is 0 Å². The third-order valence-electron chi connectivity index (χ3n) is 2.79. The minimum absolute atomic E-state index is 0.0500. The summed E-state index contributed by atoms with van der Waals surface area (Å²) in [5.74, 6) is -0.0500. The number of aliphatic hydroxyl groups is 1. The van der Waals surface area contributed by atoms with Crippen LogP contribution in [0.25, 0.3) is 0 Å². The lowest BCUT2D eigenvalue weighted by molar-refractivity contribution is 0.0751. The van der Waals surface area contributed by atoms with Crippen LogP contribution in [0.4, 0.5) is 0 Å². The van der Waals surface area contributed by atoms with E-state index in [1.165, 1.54) is 0 Å². The molecule has 0 bridgehead atoms. The zero-order valence-corrected chi connectivity index (χ0v) is 11.7. The lowest BCUT2D eigenvalue weighted by Gasteiger charge is -2.22. The second-order valence-corrected chi connectivity index (χ2v) is 4.77. The van der Waals surface area contributed by atoms with Gasteiger partial charge in [-0.2, -0.15) is 0 Å². The molecule has 1 aromatic carbocycles. The van der Waals surface area contributed by atoms with E-state index in [0.29, 0.717) is 26.2 Å². The molecule has 2 atom stereocenters. The van der Waals surface area contributed by atoms with Crippen LogP contribution in [0.2, 0.25) is 0 Å². The van der Waals surface area contributed by atoms with Gasteiger partial charge in [-0.15, -0.1) is 0 Å². The van der Waals surface area contributed by atoms with Crippen molar-refractivity contribution in [1.82, 2.24) is 0 Å². The average molecular weight is 302 g/mol. The van der Waals surface area contributed by atoms with Gasteiger partial charge in [0.2, 0.25) is 0 Å². The number of benzene rings is 1. The fraction of sp³-hybridized carbons (Fsp3) is 0.538. The molecule has 0 aliphatic heterocycles. The molecule has 0 heterocycles. The fourth-order valence-electron chi connectivity index (χ4n) is 1.82. The van der Waals surface area contributed by atoms with Gasteiger partial charge in [-0.1, -0.05) is 34.1 Å². The van der Waals surface area contributed by atoms with Crippen LogP contribution in [0.3, 0.4) is 0 Å². The van der Waals surface area contributed by atoms with E-state index in [9.17, 15) is 5.11 Å². The minimum Gasteiger partial charge on any atom is -0.392 e. The lowest BCUT2D eigenvalue weighted by Crippen LogP contribution is -2.27. The number of hydrogen-bond donors (Lipinski definition) is 2. The maximum absolute atomic E-state index is 10.1. The molecule has 3 N–H and O–H groups in total. The summed E-state index contributed by atoms with van der Waals surface area (Å²) < 4.78 is 6.24. The molecular formula is C13H20BrNO2. The molecule has 0 fully saturated rings. The topological polar surface area (TPSA) is 55.5 Å². The molecule has 1 aromatic rings. The van der Waals surface area contributed by atoms with Crippen molar-refractivity contribution in [2.75, 3.05) is 19.8 Å². The summed E-state index contributed by atoms with van der Waals surface area (Å²) >= 11 is 3.49. The highest BCUT2D eigenvalue weighted by molar-refractivity contribution is 9.10. The van der Waals surface area contributed by atoms with E-state index in [1.54, 1.807) is 0 Å². The molecule has 17 heavy (non-hydrogen) atoms. The van der Waals surface area contributed by atoms with E-state index in [0.717, 1.165) is 10.0 Å². The highest BCUT2D eigenvalue weighted by atomic mass is 79.9. The molecule has 0 saturated carbocycles. The smallest absolute Gasteiger partial charge is 0.0643 e. The van der Waals surface area contributed by atoms with Crippen molar-refractivity contribution in [1.29, 1.82) is 0 Å². The molecule has 4 heteroatoms. The summed E-state index contributed by atoms with van der Waals surface area (Å²) in [6.07, 6.45) is 0.141. The van der Waals surface area contributed by atoms with E-state index in [-0.39, 0.29) is 5.92 Å². The minimum atomic E-state index is -0.467. The van der Waals surface area contributed by atoms with Crippen LogP contribution in [-0.4, -0.2) is 31.0 Å². The Hall–Kier alpha value is -0.420. The van der Waals surface area contributed by atoms with Crippen LogP contribution in [0.1, 0.15) is 24.8 Å². The van der Waals surface area contributed by atoms with Crippen LogP contribution >= 0.6 is 15.9 Å². The number of nitrogens with two attached hydrogens (primary N) is 1. The first kappa shape index (κ1) is 14.6. The van der Waals surface area contributed by atoms with Gasteiger partial charge in [0.15, 0.2) is 0 Å². The van der Waals surface area contributed by atoms with Crippen molar-refractivity contribution in [3.63, 3.8) is 0 Å². The second kappa shape index (κ2) is 7.82. The van der Waals surface area contributed by atoms with Crippen molar-refractivity contribution in [2.45, 2.75) is 25.4 Å². The number of aliphatic hydroxyl groups excluding tert-OH is 1. The Morgan fingerprint density at radius 2 is 2.12 bits per heavy atom. The highest BCUT2D eigenvalue weighted by Crippen LogP contribution is 2.27. The number of halogens is 1. The maximum Gasteiger partial charge on any atom is 0.0643 e. The standard InChI is InChI=1S/C13H20BrNO2/c1-2-17-8-7-13(16)11(9-15)10-5-3-4-6-12(10)14/h3-6,11,13,16H,2,7-9,15H2,1H3. The van der Waals surface area contributed by atoms with E-state index in [4.69, 9.17) is 10.5 Å². The summed E-state index contributed by atoms with van der Waals surface area (Å²) in [5.41, 5.74) is 6.81. The fourth-order valence-corrected chi connectivity index (χ4v) is 2.40. The van der Waals surface area contributed by atoms with Gasteiger partial charge in [-0.25, -0.2) is 0 Å². The van der Waals surface area contributed by atoms with Gasteiger partial charge in [0.25, 0.3) is 0 Å². The Bertz CT molecular complexity index is 333. The summed E-state index contributed by atoms with van der Waals surface area (Å²) in [7, 11) is 0. The van der Waals surface area contributed by atoms with Crippen LogP contribution in [0.15, 0.2) is 28.7 Å². The molecule has 3 nitrogen and oxygen atoms in total. The van der Waals surface area contributed by atoms with Crippen molar-refractivity contribution in [3.05, 3.63) is 34.3 Å². The number of hydrogen-bond acceptors (Lipinski definition) is 3. The van der Waals surface area contributed by atoms with Crippen molar-refractivity contribution in [2.24, 2.45) is 5.73 Å². The first-order valence-corrected chi connectivity index (χ1v) is 6.70. The summed E-state index contributed by atoms with van der Waals surface area (Å²) in [6, 6.07) is 7.87. The van der Waals surface area contributed by atoms with Gasteiger partial charge < -0.3 is 15.6 Å². The zero-order valence-electron chi connectivity index (χ0n) is 10.1. The maximum atomic E-state index is 10.1. The quantitative estimate of drug-likeness (QED) is 0.760. The Morgan fingerprint density at radius 1 is 1.41 bits per heavy atom. The predicted octanol–water partition coefficient (Wildman–Crippen LogP) is 2.28. The molecule has 0 radical (unpaired) electrons. The van der Waals surface area contributed by atoms with E-state index < -0.39 is 6.10 Å². The van der Waals surface area contributed by atoms with Crippen molar-refractivity contribution in [3.8, 4) is 0 Å². The average Bonchev–Trinajstić information content (AvgIpc) is 2.33. The third-order valence-corrected chi connectivity index (χ3v) is 3.51. The molecule has 0 spiro atoms. The summed E-state index contributed by atoms with van der Waals surface area (Å²) in [4.78, 5) is 0. The van der Waals surface area contributed by atoms with Gasteiger partial charge in [-0.05, 0) is 25.0 Å². The first-order valence-electron chi connectivity index (χ1n) is 5.91. The number of rotatable bonds is 7. The second-order valence-electron chi connectivity index (χ2n) is 3.92. The van der Waals surface area contributed by atoms with Crippen LogP contribution in [-0.2, 0) is 4.74 Å². The molecule has 1 rings (SSSR count). The lowest BCUT2D eigenvalue weighted by atomic mass is 9.92. The summed E-state index contributed by atoms with van der Waals surface area (Å²) in [6.45, 7) is 3.62. The Balaban J connectivity index is 2.67. The van der Waals surface area contributed by atoms with Crippen LogP contribution in [0, 0.1) is 0 Å². The summed E-state index contributed by atoms with van der Waals surface area (Å²) in [5, 5.41) is 10.1. The molecule has 0 aliphatic rings. The SMILES string of the molecule is CCOCCC(O)C(CN)c1ccccc1Br. The van der Waals surface area contributed by atoms with Crippen molar-refractivity contribution < 1.29 is 9.84 Å². The Morgan fingerprint density at radius 3 is 2.71 bits per heavy atom. The molecule has 0 aliphatic carbocycles. The van der Waals surface area contributed by atoms with Gasteiger partial charge >= 0.3 is 0 Å². The van der Waals surface area contributed by atoms with Gasteiger partial charge in [0, 0.05) is 30.1 Å². The molecule has 96 valence electrons. The van der Waals surface area contributed by atoms with E-state index in [1.807, 2.05) is 31.2 Å². The largest absolute Gasteiger partial charge is 0.392 e.